The van der Waals surface area contributed by atoms with Crippen molar-refractivity contribution in [2.45, 2.75) is 84.8 Å². The highest BCUT2D eigenvalue weighted by Crippen LogP contribution is 2.68. The van der Waals surface area contributed by atoms with Crippen LogP contribution in [0.5, 0.6) is 0 Å². The minimum atomic E-state index is -0.713. The lowest BCUT2D eigenvalue weighted by Gasteiger charge is -2.61. The van der Waals surface area contributed by atoms with E-state index in [1.165, 1.54) is 0 Å². The van der Waals surface area contributed by atoms with Crippen molar-refractivity contribution in [1.29, 1.82) is 0 Å². The van der Waals surface area contributed by atoms with Gasteiger partial charge in [0.05, 0.1) is 12.0 Å². The van der Waals surface area contributed by atoms with Gasteiger partial charge in [-0.1, -0.05) is 58.0 Å². The van der Waals surface area contributed by atoms with Crippen molar-refractivity contribution in [2.75, 3.05) is 26.7 Å². The third-order valence-electron chi connectivity index (χ3n) is 12.7. The third kappa shape index (κ3) is 4.57. The fourth-order valence-corrected chi connectivity index (χ4v) is 10.3. The summed E-state index contributed by atoms with van der Waals surface area (Å²) in [6, 6.07) is 10.2. The van der Waals surface area contributed by atoms with E-state index in [-0.39, 0.29) is 46.9 Å². The van der Waals surface area contributed by atoms with E-state index in [1.807, 2.05) is 18.2 Å². The average Bonchev–Trinajstić information content (AvgIpc) is 3.69. The fourth-order valence-electron chi connectivity index (χ4n) is 10.3. The zero-order valence-electron chi connectivity index (χ0n) is 25.5. The van der Waals surface area contributed by atoms with E-state index in [0.717, 1.165) is 50.8 Å². The van der Waals surface area contributed by atoms with E-state index in [1.54, 1.807) is 7.11 Å². The van der Waals surface area contributed by atoms with Crippen LogP contribution in [0.2, 0.25) is 0 Å². The molecule has 3 saturated carbocycles. The minimum absolute atomic E-state index is 0.00959. The summed E-state index contributed by atoms with van der Waals surface area (Å²) in [5.74, 6) is 0.439. The molecule has 7 heteroatoms. The number of nitrogens with one attached hydrogen (secondary N) is 1. The van der Waals surface area contributed by atoms with E-state index in [9.17, 15) is 14.4 Å². The van der Waals surface area contributed by atoms with Gasteiger partial charge in [-0.25, -0.2) is 4.79 Å². The van der Waals surface area contributed by atoms with Crippen LogP contribution in [0.3, 0.4) is 0 Å². The molecule has 6 rings (SSSR count). The summed E-state index contributed by atoms with van der Waals surface area (Å²) in [5.41, 5.74) is -0.196. The number of hydrogen-bond donors (Lipinski definition) is 1. The second-order valence-corrected chi connectivity index (χ2v) is 14.6. The molecule has 0 aromatic heterocycles. The molecule has 5 aliphatic rings. The molecule has 1 N–H and O–H groups in total. The standard InChI is InChI=1S/C34H48N2O5/c1-21-11-14-34-15-12-26(40-5)28(34)33(21,4)27(41-31(39)35-30(38)25-20-36-16-13-24(25)19-36)18-32(3,29(37)22(34)2)17-23-9-7-6-8-10-23/h6-10,21-22,24-28H,11-20H2,1-5H3,(H,35,38,39)/t21-,22+,24-,25+,26-,27-,28?,32-,33+,34?/m1/s1. The van der Waals surface area contributed by atoms with E-state index < -0.39 is 23.0 Å². The van der Waals surface area contributed by atoms with Gasteiger partial charge < -0.3 is 14.4 Å². The fraction of sp³-hybridized carbons (Fsp3) is 0.735. The van der Waals surface area contributed by atoms with Crippen LogP contribution in [-0.2, 0) is 25.5 Å². The number of alkyl carbamates (subject to hydrolysis) is 1. The second-order valence-electron chi connectivity index (χ2n) is 14.6. The molecule has 2 aliphatic heterocycles. The number of ether oxygens (including phenoxy) is 2. The Kier molecular flexibility index (Phi) is 7.37. The van der Waals surface area contributed by atoms with Crippen molar-refractivity contribution in [3.63, 3.8) is 0 Å². The largest absolute Gasteiger partial charge is 0.445 e. The van der Waals surface area contributed by atoms with E-state index in [4.69, 9.17) is 9.47 Å². The number of ketones is 1. The Hall–Kier alpha value is -2.25. The highest BCUT2D eigenvalue weighted by atomic mass is 16.6. The van der Waals surface area contributed by atoms with Gasteiger partial charge in [-0.05, 0) is 74.3 Å². The summed E-state index contributed by atoms with van der Waals surface area (Å²) in [4.78, 5) is 43.7. The number of benzene rings is 1. The number of amides is 2. The zero-order chi connectivity index (χ0) is 29.2. The number of Topliss-reactive ketones (excluding diaryl/α,β-unsaturated/α-hetero) is 1. The predicted octanol–water partition coefficient (Wildman–Crippen LogP) is 5.27. The van der Waals surface area contributed by atoms with Crippen molar-refractivity contribution >= 4 is 17.8 Å². The van der Waals surface area contributed by atoms with Crippen molar-refractivity contribution in [3.05, 3.63) is 35.9 Å². The van der Waals surface area contributed by atoms with Gasteiger partial charge in [-0.15, -0.1) is 0 Å². The van der Waals surface area contributed by atoms with Crippen LogP contribution in [0.25, 0.3) is 0 Å². The van der Waals surface area contributed by atoms with Crippen LogP contribution in [0, 0.1) is 45.8 Å². The second kappa shape index (κ2) is 10.5. The maximum atomic E-state index is 14.6. The predicted molar refractivity (Wildman–Crippen MR) is 156 cm³/mol. The molecule has 4 bridgehead atoms. The van der Waals surface area contributed by atoms with Gasteiger partial charge in [-0.3, -0.25) is 14.9 Å². The number of carbonyl (C=O) groups excluding carboxylic acids is 3. The van der Waals surface area contributed by atoms with Gasteiger partial charge in [0, 0.05) is 42.9 Å². The minimum Gasteiger partial charge on any atom is -0.445 e. The number of imide groups is 1. The summed E-state index contributed by atoms with van der Waals surface area (Å²) in [6.45, 7) is 11.5. The lowest BCUT2D eigenvalue weighted by atomic mass is 9.43. The van der Waals surface area contributed by atoms with E-state index >= 15 is 0 Å². The Morgan fingerprint density at radius 1 is 1.05 bits per heavy atom. The molecule has 3 unspecified atom stereocenters. The van der Waals surface area contributed by atoms with Gasteiger partial charge in [0.2, 0.25) is 5.91 Å². The number of methoxy groups -OCH3 is 1. The Bertz CT molecular complexity index is 1190. The van der Waals surface area contributed by atoms with Gasteiger partial charge >= 0.3 is 6.09 Å². The molecule has 41 heavy (non-hydrogen) atoms. The molecule has 2 heterocycles. The molecule has 224 valence electrons. The van der Waals surface area contributed by atoms with Crippen molar-refractivity contribution in [3.8, 4) is 0 Å². The molecule has 2 saturated heterocycles. The quantitative estimate of drug-likeness (QED) is 0.525. The first-order chi connectivity index (χ1) is 19.5. The molecular weight excluding hydrogens is 516 g/mol. The molecule has 1 aromatic rings. The first-order valence-corrected chi connectivity index (χ1v) is 15.9. The Morgan fingerprint density at radius 2 is 1.78 bits per heavy atom. The highest BCUT2D eigenvalue weighted by molar-refractivity contribution is 5.94. The molecule has 0 spiro atoms. The van der Waals surface area contributed by atoms with Crippen molar-refractivity contribution < 1.29 is 23.9 Å². The summed E-state index contributed by atoms with van der Waals surface area (Å²) >= 11 is 0. The number of fused-ring (bicyclic) bond motifs is 2. The molecular formula is C34H48N2O5. The molecule has 5 fully saturated rings. The third-order valence-corrected chi connectivity index (χ3v) is 12.7. The Balaban J connectivity index is 1.36. The van der Waals surface area contributed by atoms with Gasteiger partial charge in [-0.2, -0.15) is 0 Å². The summed E-state index contributed by atoms with van der Waals surface area (Å²) in [6.07, 6.45) is 4.66. The van der Waals surface area contributed by atoms with Crippen LogP contribution in [0.15, 0.2) is 30.3 Å². The normalized spacial score (nSPS) is 45.0. The van der Waals surface area contributed by atoms with Crippen LogP contribution < -0.4 is 5.32 Å². The monoisotopic (exact) mass is 564 g/mol. The van der Waals surface area contributed by atoms with Crippen molar-refractivity contribution in [2.24, 2.45) is 45.8 Å². The lowest BCUT2D eigenvalue weighted by Crippen LogP contribution is -2.63. The number of carbonyl (C=O) groups is 3. The number of hydrogen-bond acceptors (Lipinski definition) is 6. The molecule has 3 aliphatic carbocycles. The summed E-state index contributed by atoms with van der Waals surface area (Å²) in [7, 11) is 1.78. The molecule has 11 atom stereocenters. The number of rotatable bonds is 5. The van der Waals surface area contributed by atoms with Gasteiger partial charge in [0.25, 0.3) is 0 Å². The summed E-state index contributed by atoms with van der Waals surface area (Å²) < 4.78 is 12.6. The Morgan fingerprint density at radius 3 is 2.44 bits per heavy atom. The average molecular weight is 565 g/mol. The molecule has 2 amide bonds. The summed E-state index contributed by atoms with van der Waals surface area (Å²) in [5, 5.41) is 2.63. The molecule has 7 nitrogen and oxygen atoms in total. The molecule has 0 radical (unpaired) electrons. The Labute approximate surface area is 245 Å². The highest BCUT2D eigenvalue weighted by Gasteiger charge is 2.68. The topological polar surface area (TPSA) is 84.9 Å². The van der Waals surface area contributed by atoms with Gasteiger partial charge in [0.1, 0.15) is 11.9 Å². The number of piperidine rings is 1. The SMILES string of the molecule is CO[C@@H]1CCC23CC[C@@H](C)[C@](C)(C12)[C@H](OC(=O)NC(=O)[C@H]1CN2CC[C@@H]1C2)C[C@@](C)(Cc1ccccc1)C(=O)[C@@H]3C. The maximum Gasteiger partial charge on any atom is 0.414 e. The van der Waals surface area contributed by atoms with Gasteiger partial charge in [0.15, 0.2) is 0 Å². The first kappa shape index (κ1) is 28.9. The maximum absolute atomic E-state index is 14.6. The van der Waals surface area contributed by atoms with E-state index in [2.05, 4.69) is 50.0 Å². The molecule has 1 aromatic carbocycles. The van der Waals surface area contributed by atoms with Crippen LogP contribution in [-0.4, -0.2) is 61.6 Å². The van der Waals surface area contributed by atoms with Crippen LogP contribution >= 0.6 is 0 Å². The smallest absolute Gasteiger partial charge is 0.414 e. The van der Waals surface area contributed by atoms with Crippen LogP contribution in [0.4, 0.5) is 4.79 Å². The number of nitrogens with zero attached hydrogens (tertiary/aromatic N) is 1. The lowest BCUT2D eigenvalue weighted by molar-refractivity contribution is -0.192. The zero-order valence-corrected chi connectivity index (χ0v) is 25.5. The first-order valence-electron chi connectivity index (χ1n) is 15.9. The van der Waals surface area contributed by atoms with E-state index in [0.29, 0.717) is 25.3 Å². The van der Waals surface area contributed by atoms with Crippen LogP contribution in [0.1, 0.15) is 71.8 Å². The van der Waals surface area contributed by atoms with Crippen molar-refractivity contribution in [1.82, 2.24) is 10.2 Å².